The fourth-order valence-corrected chi connectivity index (χ4v) is 3.90. The van der Waals surface area contributed by atoms with Gasteiger partial charge in [-0.1, -0.05) is 5.21 Å². The first-order valence-corrected chi connectivity index (χ1v) is 7.82. The maximum Gasteiger partial charge on any atom is 0.231 e. The lowest BCUT2D eigenvalue weighted by Crippen LogP contribution is -3.20. The van der Waals surface area contributed by atoms with Crippen molar-refractivity contribution in [3.8, 4) is 0 Å². The summed E-state index contributed by atoms with van der Waals surface area (Å²) < 4.78 is 1.95. The Balaban J connectivity index is 1.65. The molecule has 116 valence electrons. The zero-order chi connectivity index (χ0) is 15.0. The first-order valence-electron chi connectivity index (χ1n) is 7.82. The number of aromatic nitrogens is 3. The highest BCUT2D eigenvalue weighted by Crippen LogP contribution is 2.28. The Morgan fingerprint density at radius 1 is 1.57 bits per heavy atom. The largest absolute Gasteiger partial charge is 0.352 e. The number of fused-ring (bicyclic) bond motifs is 3. The fourth-order valence-electron chi connectivity index (χ4n) is 3.90. The Kier molecular flexibility index (Phi) is 3.95. The summed E-state index contributed by atoms with van der Waals surface area (Å²) >= 11 is 0. The van der Waals surface area contributed by atoms with E-state index in [1.54, 1.807) is 9.80 Å². The van der Waals surface area contributed by atoms with Crippen molar-refractivity contribution in [2.24, 2.45) is 11.8 Å². The Hall–Kier alpha value is -1.47. The summed E-state index contributed by atoms with van der Waals surface area (Å²) in [5, 5.41) is 8.29. The van der Waals surface area contributed by atoms with E-state index in [2.05, 4.69) is 16.0 Å². The minimum Gasteiger partial charge on any atom is -0.352 e. The molecule has 4 atom stereocenters. The number of carbonyl (C=O) groups excluding carboxylic acids is 1. The second kappa shape index (κ2) is 5.73. The molecule has 1 amide bonds. The van der Waals surface area contributed by atoms with Gasteiger partial charge < -0.3 is 15.5 Å². The van der Waals surface area contributed by atoms with Crippen LogP contribution in [0.25, 0.3) is 0 Å². The van der Waals surface area contributed by atoms with Crippen LogP contribution in [0.15, 0.2) is 6.20 Å². The smallest absolute Gasteiger partial charge is 0.231 e. The van der Waals surface area contributed by atoms with Crippen LogP contribution >= 0.6 is 0 Å². The van der Waals surface area contributed by atoms with Gasteiger partial charge >= 0.3 is 0 Å². The van der Waals surface area contributed by atoms with Gasteiger partial charge in [0.05, 0.1) is 31.7 Å². The number of piperidine rings is 3. The summed E-state index contributed by atoms with van der Waals surface area (Å²) in [6, 6.07) is 0.564. The van der Waals surface area contributed by atoms with Crippen LogP contribution in [0.5, 0.6) is 0 Å². The van der Waals surface area contributed by atoms with Crippen LogP contribution in [-0.4, -0.2) is 59.0 Å². The number of amides is 1. The van der Waals surface area contributed by atoms with Gasteiger partial charge in [0, 0.05) is 26.9 Å². The average Bonchev–Trinajstić information content (AvgIpc) is 2.94. The molecule has 3 saturated heterocycles. The molecule has 4 N–H and O–H groups in total. The quantitative estimate of drug-likeness (QED) is 0.639. The highest BCUT2D eigenvalue weighted by atomic mass is 16.2. The van der Waals surface area contributed by atoms with E-state index in [1.807, 2.05) is 25.0 Å². The molecular weight excluding hydrogens is 268 g/mol. The van der Waals surface area contributed by atoms with Crippen LogP contribution in [0.1, 0.15) is 18.5 Å². The van der Waals surface area contributed by atoms with Gasteiger partial charge in [-0.3, -0.25) is 4.79 Å². The molecule has 3 aliphatic rings. The Morgan fingerprint density at radius 3 is 2.95 bits per heavy atom. The average molecular weight is 294 g/mol. The lowest BCUT2D eigenvalue weighted by atomic mass is 9.75. The summed E-state index contributed by atoms with van der Waals surface area (Å²) in [6.07, 6.45) is 4.30. The third-order valence-electron chi connectivity index (χ3n) is 5.06. The number of hydrogen-bond donors (Lipinski definition) is 2. The van der Waals surface area contributed by atoms with Crippen molar-refractivity contribution in [3.63, 3.8) is 0 Å². The Bertz CT molecular complexity index is 513. The highest BCUT2D eigenvalue weighted by Gasteiger charge is 2.46. The molecule has 2 bridgehead atoms. The lowest BCUT2D eigenvalue weighted by Gasteiger charge is -2.46. The van der Waals surface area contributed by atoms with Crippen LogP contribution in [0.2, 0.25) is 0 Å². The second-order valence-corrected chi connectivity index (χ2v) is 6.61. The Morgan fingerprint density at radius 2 is 2.38 bits per heavy atom. The summed E-state index contributed by atoms with van der Waals surface area (Å²) in [5.41, 5.74) is 4.78. The maximum atomic E-state index is 12.3. The molecule has 1 aromatic rings. The molecule has 21 heavy (non-hydrogen) atoms. The molecule has 0 saturated carbocycles. The molecule has 0 spiro atoms. The normalized spacial score (nSPS) is 31.4. The number of quaternary nitrogens is 2. The topological polar surface area (TPSA) is 83.1 Å². The summed E-state index contributed by atoms with van der Waals surface area (Å²) in [6.45, 7) is 3.75. The molecule has 0 aromatic carbocycles. The molecule has 3 aliphatic heterocycles. The number of hydrogen-bond acceptors (Lipinski definition) is 3. The zero-order valence-corrected chi connectivity index (χ0v) is 13.0. The second-order valence-electron chi connectivity index (χ2n) is 6.61. The number of nitrogens with zero attached hydrogens (tertiary/aromatic N) is 4. The first kappa shape index (κ1) is 14.5. The highest BCUT2D eigenvalue weighted by molar-refractivity contribution is 5.78. The minimum atomic E-state index is 0.214. The van der Waals surface area contributed by atoms with Gasteiger partial charge in [0.25, 0.3) is 0 Å². The van der Waals surface area contributed by atoms with Crippen molar-refractivity contribution < 1.29 is 15.4 Å². The van der Waals surface area contributed by atoms with Gasteiger partial charge in [0.15, 0.2) is 0 Å². The van der Waals surface area contributed by atoms with Crippen LogP contribution in [0, 0.1) is 11.8 Å². The fraction of sp³-hybridized carbons (Fsp3) is 0.786. The van der Waals surface area contributed by atoms with E-state index in [0.29, 0.717) is 24.4 Å². The van der Waals surface area contributed by atoms with Gasteiger partial charge in [-0.05, 0) is 5.92 Å². The van der Waals surface area contributed by atoms with Crippen molar-refractivity contribution in [2.45, 2.75) is 32.0 Å². The van der Waals surface area contributed by atoms with Crippen LogP contribution in [0.3, 0.4) is 0 Å². The monoisotopic (exact) mass is 294 g/mol. The molecule has 1 unspecified atom stereocenters. The number of nitrogens with one attached hydrogen (secondary N) is 1. The van der Waals surface area contributed by atoms with E-state index >= 15 is 0 Å². The van der Waals surface area contributed by atoms with E-state index in [-0.39, 0.29) is 5.92 Å². The number of rotatable bonds is 4. The van der Waals surface area contributed by atoms with Crippen molar-refractivity contribution >= 4 is 5.91 Å². The lowest BCUT2D eigenvalue weighted by molar-refractivity contribution is -0.945. The van der Waals surface area contributed by atoms with Gasteiger partial charge in [0.2, 0.25) is 5.91 Å². The standard InChI is InChI=1S/C14H24N6O/c1-18(2)14(21)13-9-19-4-3-10(13)5-12(19)8-20-7-11(6-15)16-17-20/h7,10,12-13H,3-6,8-9,15H2,1-2H3/p+2/t10-,12+,13-/m0/s1. The molecule has 7 heteroatoms. The molecule has 3 fully saturated rings. The van der Waals surface area contributed by atoms with Gasteiger partial charge in [0.1, 0.15) is 18.3 Å². The maximum absolute atomic E-state index is 12.3. The molecule has 4 rings (SSSR count). The molecule has 4 heterocycles. The molecule has 0 aliphatic carbocycles. The van der Waals surface area contributed by atoms with Gasteiger partial charge in [-0.15, -0.1) is 5.10 Å². The van der Waals surface area contributed by atoms with E-state index in [9.17, 15) is 4.79 Å². The van der Waals surface area contributed by atoms with Crippen molar-refractivity contribution in [1.82, 2.24) is 19.9 Å². The predicted octanol–water partition coefficient (Wildman–Crippen LogP) is -2.60. The summed E-state index contributed by atoms with van der Waals surface area (Å²) in [4.78, 5) is 15.6. The van der Waals surface area contributed by atoms with Crippen LogP contribution in [-0.2, 0) is 17.9 Å². The molecular formula is C14H26N6O+2. The Labute approximate surface area is 125 Å². The van der Waals surface area contributed by atoms with E-state index in [4.69, 9.17) is 0 Å². The van der Waals surface area contributed by atoms with Crippen LogP contribution < -0.4 is 10.6 Å². The van der Waals surface area contributed by atoms with Gasteiger partial charge in [-0.25, -0.2) is 4.68 Å². The van der Waals surface area contributed by atoms with E-state index in [1.165, 1.54) is 13.0 Å². The summed E-state index contributed by atoms with van der Waals surface area (Å²) in [7, 11) is 3.73. The third-order valence-corrected chi connectivity index (χ3v) is 5.06. The zero-order valence-electron chi connectivity index (χ0n) is 13.0. The third kappa shape index (κ3) is 2.80. The van der Waals surface area contributed by atoms with Crippen molar-refractivity contribution in [2.75, 3.05) is 27.2 Å². The molecule has 7 nitrogen and oxygen atoms in total. The van der Waals surface area contributed by atoms with Gasteiger partial charge in [-0.2, -0.15) is 0 Å². The van der Waals surface area contributed by atoms with E-state index < -0.39 is 0 Å². The van der Waals surface area contributed by atoms with E-state index in [0.717, 1.165) is 25.2 Å². The van der Waals surface area contributed by atoms with Crippen molar-refractivity contribution in [1.29, 1.82) is 0 Å². The number of carbonyl (C=O) groups is 1. The van der Waals surface area contributed by atoms with Crippen LogP contribution in [0.4, 0.5) is 0 Å². The van der Waals surface area contributed by atoms with Crippen molar-refractivity contribution in [3.05, 3.63) is 11.9 Å². The molecule has 1 aromatic heterocycles. The predicted molar refractivity (Wildman–Crippen MR) is 76.0 cm³/mol. The first-order chi connectivity index (χ1) is 10.1. The minimum absolute atomic E-state index is 0.214. The summed E-state index contributed by atoms with van der Waals surface area (Å²) in [5.74, 6) is 1.06. The SMILES string of the molecule is CN(C)C(=O)[C@H]1C[NH+]2CC[C@H]1C[C@@H]2Cn1cc(C[NH3+])nn1. The molecule has 0 radical (unpaired) electrons.